The van der Waals surface area contributed by atoms with Gasteiger partial charge in [-0.15, -0.1) is 0 Å². The number of aromatic hydroxyl groups is 1. The number of likely N-dealkylation sites (tertiary alicyclic amines) is 1. The molecule has 1 saturated heterocycles. The fourth-order valence-corrected chi connectivity index (χ4v) is 2.19. The van der Waals surface area contributed by atoms with Gasteiger partial charge in [-0.2, -0.15) is 13.2 Å². The zero-order chi connectivity index (χ0) is 14.0. The minimum Gasteiger partial charge on any atom is -0.508 e. The third-order valence-electron chi connectivity index (χ3n) is 3.36. The molecule has 1 aromatic carbocycles. The highest BCUT2D eigenvalue weighted by Gasteiger charge is 2.31. The van der Waals surface area contributed by atoms with Crippen molar-refractivity contribution in [3.63, 3.8) is 0 Å². The molecular weight excluding hydrogens is 259 g/mol. The first kappa shape index (κ1) is 14.1. The molecule has 0 amide bonds. The van der Waals surface area contributed by atoms with Gasteiger partial charge in [0, 0.05) is 25.2 Å². The molecule has 1 aliphatic heterocycles. The maximum atomic E-state index is 12.5. The lowest BCUT2D eigenvalue weighted by Gasteiger charge is -2.29. The van der Waals surface area contributed by atoms with Crippen molar-refractivity contribution >= 4 is 0 Å². The Kier molecular flexibility index (Phi) is 4.01. The maximum absolute atomic E-state index is 12.5. The Morgan fingerprint density at radius 2 is 1.84 bits per heavy atom. The van der Waals surface area contributed by atoms with E-state index in [1.165, 1.54) is 6.07 Å². The Morgan fingerprint density at radius 1 is 1.21 bits per heavy atom. The van der Waals surface area contributed by atoms with Crippen molar-refractivity contribution in [1.29, 1.82) is 0 Å². The highest BCUT2D eigenvalue weighted by molar-refractivity contribution is 5.37. The van der Waals surface area contributed by atoms with Crippen molar-refractivity contribution in [3.05, 3.63) is 29.3 Å². The van der Waals surface area contributed by atoms with Gasteiger partial charge in [-0.1, -0.05) is 6.07 Å². The van der Waals surface area contributed by atoms with Crippen LogP contribution in [0, 0.1) is 0 Å². The minimum atomic E-state index is -4.44. The van der Waals surface area contributed by atoms with Crippen LogP contribution < -0.4 is 0 Å². The second kappa shape index (κ2) is 5.38. The highest BCUT2D eigenvalue weighted by Crippen LogP contribution is 2.33. The van der Waals surface area contributed by atoms with Crippen LogP contribution in [0.4, 0.5) is 13.2 Å². The van der Waals surface area contributed by atoms with Gasteiger partial charge in [-0.05, 0) is 25.0 Å². The van der Waals surface area contributed by atoms with Crippen LogP contribution in [0.15, 0.2) is 18.2 Å². The predicted molar refractivity (Wildman–Crippen MR) is 63.6 cm³/mol. The number of piperidine rings is 1. The second-order valence-corrected chi connectivity index (χ2v) is 4.85. The van der Waals surface area contributed by atoms with Gasteiger partial charge in [0.2, 0.25) is 0 Å². The topological polar surface area (TPSA) is 43.7 Å². The third kappa shape index (κ3) is 3.61. The van der Waals surface area contributed by atoms with E-state index in [-0.39, 0.29) is 11.9 Å². The molecule has 0 saturated carbocycles. The van der Waals surface area contributed by atoms with Crippen LogP contribution in [0.3, 0.4) is 0 Å². The molecule has 6 heteroatoms. The Labute approximate surface area is 109 Å². The summed E-state index contributed by atoms with van der Waals surface area (Å²) >= 11 is 0. The van der Waals surface area contributed by atoms with Crippen LogP contribution in [-0.4, -0.2) is 34.3 Å². The zero-order valence-corrected chi connectivity index (χ0v) is 10.3. The number of nitrogens with zero attached hydrogens (tertiary/aromatic N) is 1. The SMILES string of the molecule is Oc1cc(C(F)(F)F)ccc1CN1CCC(O)CC1. The van der Waals surface area contributed by atoms with Crippen LogP contribution >= 0.6 is 0 Å². The third-order valence-corrected chi connectivity index (χ3v) is 3.36. The second-order valence-electron chi connectivity index (χ2n) is 4.85. The molecule has 0 aliphatic carbocycles. The van der Waals surface area contributed by atoms with E-state index in [1.54, 1.807) is 0 Å². The van der Waals surface area contributed by atoms with E-state index < -0.39 is 11.7 Å². The molecule has 0 bridgehead atoms. The van der Waals surface area contributed by atoms with E-state index in [4.69, 9.17) is 0 Å². The van der Waals surface area contributed by atoms with E-state index in [0.29, 0.717) is 38.0 Å². The Morgan fingerprint density at radius 3 is 2.37 bits per heavy atom. The van der Waals surface area contributed by atoms with Gasteiger partial charge in [0.1, 0.15) is 5.75 Å². The van der Waals surface area contributed by atoms with Crippen molar-refractivity contribution < 1.29 is 23.4 Å². The molecule has 0 spiro atoms. The van der Waals surface area contributed by atoms with Crippen LogP contribution in [-0.2, 0) is 12.7 Å². The number of hydrogen-bond acceptors (Lipinski definition) is 3. The smallest absolute Gasteiger partial charge is 0.416 e. The first-order valence-corrected chi connectivity index (χ1v) is 6.16. The molecule has 1 fully saturated rings. The quantitative estimate of drug-likeness (QED) is 0.871. The summed E-state index contributed by atoms with van der Waals surface area (Å²) in [7, 11) is 0. The molecule has 2 N–H and O–H groups in total. The molecule has 19 heavy (non-hydrogen) atoms. The Hall–Kier alpha value is -1.27. The molecule has 0 aromatic heterocycles. The molecule has 1 aliphatic rings. The van der Waals surface area contributed by atoms with Gasteiger partial charge >= 0.3 is 6.18 Å². The number of benzene rings is 1. The molecule has 106 valence electrons. The number of phenolic OH excluding ortho intramolecular Hbond substituents is 1. The van der Waals surface area contributed by atoms with Crippen molar-refractivity contribution in [2.24, 2.45) is 0 Å². The lowest BCUT2D eigenvalue weighted by Crippen LogP contribution is -2.35. The summed E-state index contributed by atoms with van der Waals surface area (Å²) in [5.74, 6) is -0.332. The number of alkyl halides is 3. The van der Waals surface area contributed by atoms with Crippen LogP contribution in [0.2, 0.25) is 0 Å². The predicted octanol–water partition coefficient (Wildman–Crippen LogP) is 2.37. The highest BCUT2D eigenvalue weighted by atomic mass is 19.4. The van der Waals surface area contributed by atoms with Crippen molar-refractivity contribution in [3.8, 4) is 5.75 Å². The van der Waals surface area contributed by atoms with Gasteiger partial charge in [0.25, 0.3) is 0 Å². The molecule has 3 nitrogen and oxygen atoms in total. The molecule has 1 aromatic rings. The summed E-state index contributed by atoms with van der Waals surface area (Å²) in [6, 6.07) is 3.05. The summed E-state index contributed by atoms with van der Waals surface area (Å²) in [5, 5.41) is 19.0. The van der Waals surface area contributed by atoms with E-state index in [1.807, 2.05) is 4.90 Å². The van der Waals surface area contributed by atoms with Gasteiger partial charge in [-0.3, -0.25) is 4.90 Å². The van der Waals surface area contributed by atoms with Crippen molar-refractivity contribution in [1.82, 2.24) is 4.90 Å². The lowest BCUT2D eigenvalue weighted by atomic mass is 10.1. The van der Waals surface area contributed by atoms with E-state index in [0.717, 1.165) is 12.1 Å². The van der Waals surface area contributed by atoms with Gasteiger partial charge in [-0.25, -0.2) is 0 Å². The van der Waals surface area contributed by atoms with E-state index in [9.17, 15) is 23.4 Å². The molecule has 0 radical (unpaired) electrons. The van der Waals surface area contributed by atoms with E-state index >= 15 is 0 Å². The summed E-state index contributed by atoms with van der Waals surface area (Å²) in [4.78, 5) is 2.01. The van der Waals surface area contributed by atoms with Crippen LogP contribution in [0.5, 0.6) is 5.75 Å². The molecule has 1 heterocycles. The Bertz CT molecular complexity index is 440. The van der Waals surface area contributed by atoms with Crippen LogP contribution in [0.1, 0.15) is 24.0 Å². The number of aliphatic hydroxyl groups is 1. The largest absolute Gasteiger partial charge is 0.508 e. The lowest BCUT2D eigenvalue weighted by molar-refractivity contribution is -0.137. The summed E-state index contributed by atoms with van der Waals surface area (Å²) < 4.78 is 37.4. The number of aliphatic hydroxyl groups excluding tert-OH is 1. The van der Waals surface area contributed by atoms with E-state index in [2.05, 4.69) is 0 Å². The summed E-state index contributed by atoms with van der Waals surface area (Å²) in [6.07, 6.45) is -3.42. The number of halogens is 3. The summed E-state index contributed by atoms with van der Waals surface area (Å²) in [6.45, 7) is 1.76. The maximum Gasteiger partial charge on any atom is 0.416 e. The number of rotatable bonds is 2. The molecule has 0 unspecified atom stereocenters. The normalized spacial score (nSPS) is 18.7. The number of phenols is 1. The monoisotopic (exact) mass is 275 g/mol. The first-order chi connectivity index (χ1) is 8.86. The van der Waals surface area contributed by atoms with Gasteiger partial charge in [0.05, 0.1) is 11.7 Å². The molecular formula is C13H16F3NO2. The molecule has 2 rings (SSSR count). The fraction of sp³-hybridized carbons (Fsp3) is 0.538. The first-order valence-electron chi connectivity index (χ1n) is 6.16. The fourth-order valence-electron chi connectivity index (χ4n) is 2.19. The zero-order valence-electron chi connectivity index (χ0n) is 10.3. The average molecular weight is 275 g/mol. The van der Waals surface area contributed by atoms with Crippen LogP contribution in [0.25, 0.3) is 0 Å². The van der Waals surface area contributed by atoms with Crippen molar-refractivity contribution in [2.75, 3.05) is 13.1 Å². The van der Waals surface area contributed by atoms with Gasteiger partial charge in [0.15, 0.2) is 0 Å². The van der Waals surface area contributed by atoms with Crippen molar-refractivity contribution in [2.45, 2.75) is 31.7 Å². The Balaban J connectivity index is 2.05. The molecule has 0 atom stereocenters. The summed E-state index contributed by atoms with van der Waals surface area (Å²) in [5.41, 5.74) is -0.368. The number of hydrogen-bond donors (Lipinski definition) is 2. The minimum absolute atomic E-state index is 0.294. The average Bonchev–Trinajstić information content (AvgIpc) is 2.33. The standard InChI is InChI=1S/C13H16F3NO2/c14-13(15,16)10-2-1-9(12(19)7-10)8-17-5-3-11(18)4-6-17/h1-2,7,11,18-19H,3-6,8H2. The van der Waals surface area contributed by atoms with Gasteiger partial charge < -0.3 is 10.2 Å².